The van der Waals surface area contributed by atoms with Gasteiger partial charge in [0.2, 0.25) is 0 Å². The number of rotatable bonds is 6. The van der Waals surface area contributed by atoms with E-state index >= 15 is 0 Å². The van der Waals surface area contributed by atoms with Gasteiger partial charge >= 0.3 is 0 Å². The first-order valence-corrected chi connectivity index (χ1v) is 7.61. The molecule has 2 heteroatoms. The van der Waals surface area contributed by atoms with Gasteiger partial charge in [0, 0.05) is 17.5 Å². The molecule has 0 radical (unpaired) electrons. The van der Waals surface area contributed by atoms with Crippen LogP contribution in [0.3, 0.4) is 0 Å². The van der Waals surface area contributed by atoms with E-state index in [1.165, 1.54) is 28.9 Å². The summed E-state index contributed by atoms with van der Waals surface area (Å²) in [4.78, 5) is 1.33. The molecule has 0 aliphatic heterocycles. The maximum absolute atomic E-state index is 3.58. The van der Waals surface area contributed by atoms with E-state index in [4.69, 9.17) is 0 Å². The second-order valence-electron chi connectivity index (χ2n) is 4.58. The predicted octanol–water partition coefficient (Wildman–Crippen LogP) is 3.95. The highest BCUT2D eigenvalue weighted by Gasteiger charge is 2.19. The smallest absolute Gasteiger partial charge is 0.0170 e. The Balaban J connectivity index is 1.97. The van der Waals surface area contributed by atoms with Crippen molar-refractivity contribution in [3.8, 4) is 0 Å². The third-order valence-corrected chi connectivity index (χ3v) is 3.88. The van der Waals surface area contributed by atoms with E-state index < -0.39 is 0 Å². The van der Waals surface area contributed by atoms with Gasteiger partial charge in [-0.05, 0) is 43.2 Å². The van der Waals surface area contributed by atoms with Crippen LogP contribution in [0.25, 0.3) is 6.08 Å². The van der Waals surface area contributed by atoms with Crippen LogP contribution in [0, 0.1) is 0 Å². The lowest BCUT2D eigenvalue weighted by molar-refractivity contribution is 0.723. The maximum atomic E-state index is 3.58. The van der Waals surface area contributed by atoms with E-state index in [1.807, 2.05) is 0 Å². The van der Waals surface area contributed by atoms with Crippen LogP contribution in [0.2, 0.25) is 0 Å². The minimum absolute atomic E-state index is 0.795. The van der Waals surface area contributed by atoms with Crippen molar-refractivity contribution >= 4 is 17.8 Å². The molecule has 2 rings (SSSR count). The molecule has 0 saturated heterocycles. The molecule has 0 amide bonds. The summed E-state index contributed by atoms with van der Waals surface area (Å²) in [6.07, 6.45) is 8.28. The molecule has 1 aromatic rings. The molecule has 1 saturated carbocycles. The molecule has 0 spiro atoms. The van der Waals surface area contributed by atoms with Gasteiger partial charge in [-0.2, -0.15) is 0 Å². The summed E-state index contributed by atoms with van der Waals surface area (Å²) >= 11 is 1.79. The van der Waals surface area contributed by atoms with Crippen LogP contribution in [0.1, 0.15) is 31.7 Å². The molecule has 1 nitrogen and oxygen atoms in total. The van der Waals surface area contributed by atoms with Crippen molar-refractivity contribution in [1.82, 2.24) is 5.32 Å². The van der Waals surface area contributed by atoms with Crippen LogP contribution < -0.4 is 5.32 Å². The van der Waals surface area contributed by atoms with E-state index in [0.29, 0.717) is 0 Å². The van der Waals surface area contributed by atoms with Gasteiger partial charge in [0.05, 0.1) is 0 Å². The van der Waals surface area contributed by atoms with Gasteiger partial charge in [-0.25, -0.2) is 0 Å². The van der Waals surface area contributed by atoms with Gasteiger partial charge in [0.25, 0.3) is 0 Å². The molecule has 1 aromatic carbocycles. The minimum atomic E-state index is 0.795. The lowest BCUT2D eigenvalue weighted by atomic mass is 10.1. The zero-order valence-electron chi connectivity index (χ0n) is 10.7. The summed E-state index contributed by atoms with van der Waals surface area (Å²) in [6, 6.07) is 9.59. The Morgan fingerprint density at radius 2 is 2.06 bits per heavy atom. The summed E-state index contributed by atoms with van der Waals surface area (Å²) in [7, 11) is 0. The van der Waals surface area contributed by atoms with E-state index in [2.05, 4.69) is 48.8 Å². The molecule has 1 aliphatic rings. The largest absolute Gasteiger partial charge is 0.310 e. The first-order chi connectivity index (χ1) is 8.31. The Morgan fingerprint density at radius 1 is 1.35 bits per heavy atom. The Bertz CT molecular complexity index is 376. The first-order valence-electron chi connectivity index (χ1n) is 6.38. The van der Waals surface area contributed by atoms with Crippen LogP contribution >= 0.6 is 11.8 Å². The molecular formula is C15H21NS. The second-order valence-corrected chi connectivity index (χ2v) is 5.46. The Labute approximate surface area is 109 Å². The number of hydrogen-bond acceptors (Lipinski definition) is 2. The number of thioether (sulfide) groups is 1. The summed E-state index contributed by atoms with van der Waals surface area (Å²) in [6.45, 7) is 3.28. The fourth-order valence-electron chi connectivity index (χ4n) is 1.78. The first kappa shape index (κ1) is 12.7. The third kappa shape index (κ3) is 4.21. The molecule has 17 heavy (non-hydrogen) atoms. The van der Waals surface area contributed by atoms with E-state index in [0.717, 1.165) is 19.0 Å². The fraction of sp³-hybridized carbons (Fsp3) is 0.467. The van der Waals surface area contributed by atoms with Crippen LogP contribution in [-0.4, -0.2) is 18.8 Å². The molecule has 0 aromatic heterocycles. The quantitative estimate of drug-likeness (QED) is 0.764. The monoisotopic (exact) mass is 247 g/mol. The minimum Gasteiger partial charge on any atom is -0.310 e. The summed E-state index contributed by atoms with van der Waals surface area (Å²) in [5.41, 5.74) is 2.81. The number of hydrogen-bond donors (Lipinski definition) is 1. The lowest BCUT2D eigenvalue weighted by Gasteiger charge is -2.06. The van der Waals surface area contributed by atoms with E-state index in [9.17, 15) is 0 Å². The molecule has 1 fully saturated rings. The summed E-state index contributed by atoms with van der Waals surface area (Å²) in [5, 5.41) is 3.58. The highest BCUT2D eigenvalue weighted by molar-refractivity contribution is 7.98. The second kappa shape index (κ2) is 6.27. The topological polar surface area (TPSA) is 12.0 Å². The van der Waals surface area contributed by atoms with E-state index in [-0.39, 0.29) is 0 Å². The van der Waals surface area contributed by atoms with Crippen molar-refractivity contribution in [2.45, 2.75) is 37.1 Å². The zero-order chi connectivity index (χ0) is 12.1. The Hall–Kier alpha value is -0.730. The average molecular weight is 247 g/mol. The Morgan fingerprint density at radius 3 is 2.59 bits per heavy atom. The van der Waals surface area contributed by atoms with Gasteiger partial charge < -0.3 is 5.32 Å². The van der Waals surface area contributed by atoms with Crippen molar-refractivity contribution in [3.63, 3.8) is 0 Å². The van der Waals surface area contributed by atoms with Crippen LogP contribution in [0.4, 0.5) is 0 Å². The molecule has 1 N–H and O–H groups in total. The van der Waals surface area contributed by atoms with E-state index in [1.54, 1.807) is 11.8 Å². The lowest BCUT2D eigenvalue weighted by Crippen LogP contribution is -2.18. The molecule has 0 heterocycles. The molecule has 1 aliphatic carbocycles. The Kier molecular flexibility index (Phi) is 4.69. The van der Waals surface area contributed by atoms with Gasteiger partial charge in [-0.15, -0.1) is 11.8 Å². The molecule has 0 atom stereocenters. The predicted molar refractivity (Wildman–Crippen MR) is 77.5 cm³/mol. The van der Waals surface area contributed by atoms with Crippen molar-refractivity contribution in [1.29, 1.82) is 0 Å². The maximum Gasteiger partial charge on any atom is 0.0170 e. The molecule has 0 bridgehead atoms. The zero-order valence-corrected chi connectivity index (χ0v) is 11.5. The van der Waals surface area contributed by atoms with Gasteiger partial charge in [0.1, 0.15) is 0 Å². The molecule has 0 unspecified atom stereocenters. The highest BCUT2D eigenvalue weighted by Crippen LogP contribution is 2.20. The average Bonchev–Trinajstić information content (AvgIpc) is 3.19. The van der Waals surface area contributed by atoms with Crippen molar-refractivity contribution in [2.24, 2.45) is 0 Å². The van der Waals surface area contributed by atoms with Crippen LogP contribution in [-0.2, 0) is 0 Å². The standard InChI is InChI=1S/C15H21NS/c1-3-12(11-16-14-6-7-14)10-13-4-8-15(17-2)9-5-13/h4-5,8-10,14,16H,3,6-7,11H2,1-2H3. The normalized spacial score (nSPS) is 16.2. The molecule has 92 valence electrons. The van der Waals surface area contributed by atoms with Crippen LogP contribution in [0.15, 0.2) is 34.7 Å². The number of benzene rings is 1. The van der Waals surface area contributed by atoms with Gasteiger partial charge in [-0.3, -0.25) is 0 Å². The SMILES string of the molecule is CCC(=Cc1ccc(SC)cc1)CNC1CC1. The van der Waals surface area contributed by atoms with Gasteiger partial charge in [0.15, 0.2) is 0 Å². The summed E-state index contributed by atoms with van der Waals surface area (Å²) < 4.78 is 0. The third-order valence-electron chi connectivity index (χ3n) is 3.14. The molecular weight excluding hydrogens is 226 g/mol. The van der Waals surface area contributed by atoms with Crippen molar-refractivity contribution < 1.29 is 0 Å². The number of nitrogens with one attached hydrogen (secondary N) is 1. The van der Waals surface area contributed by atoms with Crippen molar-refractivity contribution in [2.75, 3.05) is 12.8 Å². The van der Waals surface area contributed by atoms with Crippen molar-refractivity contribution in [3.05, 3.63) is 35.4 Å². The summed E-state index contributed by atoms with van der Waals surface area (Å²) in [5.74, 6) is 0. The van der Waals surface area contributed by atoms with Gasteiger partial charge in [-0.1, -0.05) is 30.7 Å². The highest BCUT2D eigenvalue weighted by atomic mass is 32.2. The van der Waals surface area contributed by atoms with Crippen LogP contribution in [0.5, 0.6) is 0 Å². The fourth-order valence-corrected chi connectivity index (χ4v) is 2.19.